The molecular formula is C11H12N2O4. The number of carbonyl (C=O) groups excluding carboxylic acids is 1. The fourth-order valence-electron chi connectivity index (χ4n) is 1.71. The van der Waals surface area contributed by atoms with Gasteiger partial charge in [-0.05, 0) is 12.1 Å². The monoisotopic (exact) mass is 236 g/mol. The maximum Gasteiger partial charge on any atom is 0.405 e. The molecule has 0 radical (unpaired) electrons. The van der Waals surface area contributed by atoms with Gasteiger partial charge in [-0.15, -0.1) is 0 Å². The number of hydrogen-bond donors (Lipinski definition) is 2. The molecule has 0 spiro atoms. The third kappa shape index (κ3) is 2.15. The van der Waals surface area contributed by atoms with Crippen molar-refractivity contribution in [3.63, 3.8) is 0 Å². The van der Waals surface area contributed by atoms with Crippen LogP contribution in [0.1, 0.15) is 0 Å². The number of amides is 2. The number of likely N-dealkylation sites (N-methyl/N-ethyl adjacent to an activating group) is 1. The van der Waals surface area contributed by atoms with E-state index >= 15 is 0 Å². The minimum atomic E-state index is -1.24. The van der Waals surface area contributed by atoms with Gasteiger partial charge in [0.15, 0.2) is 0 Å². The number of rotatable bonds is 1. The summed E-state index contributed by atoms with van der Waals surface area (Å²) in [4.78, 5) is 23.9. The Kier molecular flexibility index (Phi) is 2.86. The van der Waals surface area contributed by atoms with Gasteiger partial charge in [-0.1, -0.05) is 12.1 Å². The molecule has 2 amide bonds. The Morgan fingerprint density at radius 2 is 2.24 bits per heavy atom. The van der Waals surface area contributed by atoms with Gasteiger partial charge in [-0.3, -0.25) is 4.79 Å². The summed E-state index contributed by atoms with van der Waals surface area (Å²) in [5.41, 5.74) is 0.632. The van der Waals surface area contributed by atoms with Gasteiger partial charge in [0.25, 0.3) is 5.91 Å². The summed E-state index contributed by atoms with van der Waals surface area (Å²) in [6.07, 6.45) is -1.24. The third-order valence-corrected chi connectivity index (χ3v) is 2.56. The molecule has 0 bridgehead atoms. The summed E-state index contributed by atoms with van der Waals surface area (Å²) < 4.78 is 5.41. The maximum absolute atomic E-state index is 12.0. The molecule has 0 saturated carbocycles. The van der Waals surface area contributed by atoms with E-state index in [-0.39, 0.29) is 12.5 Å². The fraction of sp³-hybridized carbons (Fsp3) is 0.273. The van der Waals surface area contributed by atoms with Gasteiger partial charge in [0, 0.05) is 7.05 Å². The highest BCUT2D eigenvalue weighted by atomic mass is 16.5. The molecule has 1 atom stereocenters. The van der Waals surface area contributed by atoms with Crippen molar-refractivity contribution >= 4 is 17.7 Å². The van der Waals surface area contributed by atoms with Gasteiger partial charge in [-0.2, -0.15) is 0 Å². The Bertz CT molecular complexity index is 461. The van der Waals surface area contributed by atoms with Gasteiger partial charge < -0.3 is 20.1 Å². The van der Waals surface area contributed by atoms with Crippen LogP contribution in [-0.4, -0.2) is 36.8 Å². The van der Waals surface area contributed by atoms with E-state index in [1.807, 2.05) is 0 Å². The average Bonchev–Trinajstić information content (AvgIpc) is 2.42. The van der Waals surface area contributed by atoms with Crippen molar-refractivity contribution in [1.29, 1.82) is 0 Å². The molecule has 17 heavy (non-hydrogen) atoms. The molecule has 1 aliphatic heterocycles. The third-order valence-electron chi connectivity index (χ3n) is 2.56. The van der Waals surface area contributed by atoms with E-state index < -0.39 is 12.1 Å². The molecule has 2 rings (SSSR count). The van der Waals surface area contributed by atoms with Crippen molar-refractivity contribution in [2.24, 2.45) is 0 Å². The van der Waals surface area contributed by atoms with Crippen LogP contribution in [0.5, 0.6) is 5.75 Å². The molecule has 90 valence electrons. The average molecular weight is 236 g/mol. The number of anilines is 1. The molecule has 1 aliphatic rings. The zero-order valence-corrected chi connectivity index (χ0v) is 9.21. The van der Waals surface area contributed by atoms with Crippen molar-refractivity contribution in [2.45, 2.75) is 6.04 Å². The van der Waals surface area contributed by atoms with Gasteiger partial charge in [0.1, 0.15) is 18.4 Å². The quantitative estimate of drug-likeness (QED) is 0.751. The van der Waals surface area contributed by atoms with Gasteiger partial charge in [0.05, 0.1) is 5.69 Å². The number of para-hydroxylation sites is 2. The van der Waals surface area contributed by atoms with Crippen molar-refractivity contribution in [3.05, 3.63) is 24.3 Å². The van der Waals surface area contributed by atoms with Gasteiger partial charge in [-0.25, -0.2) is 4.79 Å². The minimum Gasteiger partial charge on any atom is -0.489 e. The highest BCUT2D eigenvalue weighted by Crippen LogP contribution is 2.29. The Labute approximate surface area is 97.8 Å². The predicted octanol–water partition coefficient (Wildman–Crippen LogP) is 0.678. The van der Waals surface area contributed by atoms with Crippen LogP contribution in [0.3, 0.4) is 0 Å². The Hall–Kier alpha value is -2.24. The van der Waals surface area contributed by atoms with E-state index in [1.54, 1.807) is 31.3 Å². The SMILES string of the molecule is CN1C(=O)C(NC(=O)O)COc2ccccc21. The predicted molar refractivity (Wildman–Crippen MR) is 60.3 cm³/mol. The Morgan fingerprint density at radius 1 is 1.53 bits per heavy atom. The second-order valence-electron chi connectivity index (χ2n) is 3.68. The summed E-state index contributed by atoms with van der Waals surface area (Å²) in [5, 5.41) is 10.8. The molecule has 0 saturated heterocycles. The Morgan fingerprint density at radius 3 is 2.94 bits per heavy atom. The first kappa shape index (κ1) is 11.3. The van der Waals surface area contributed by atoms with E-state index in [2.05, 4.69) is 5.32 Å². The largest absolute Gasteiger partial charge is 0.489 e. The molecule has 6 heteroatoms. The maximum atomic E-state index is 12.0. The second kappa shape index (κ2) is 4.32. The lowest BCUT2D eigenvalue weighted by Gasteiger charge is -2.19. The van der Waals surface area contributed by atoms with E-state index in [9.17, 15) is 9.59 Å². The molecule has 1 aromatic carbocycles. The number of ether oxygens (including phenoxy) is 1. The Balaban J connectivity index is 2.29. The van der Waals surface area contributed by atoms with Crippen LogP contribution in [0.25, 0.3) is 0 Å². The number of benzene rings is 1. The zero-order valence-electron chi connectivity index (χ0n) is 9.21. The van der Waals surface area contributed by atoms with Crippen molar-refractivity contribution in [1.82, 2.24) is 5.32 Å². The van der Waals surface area contributed by atoms with Crippen LogP contribution in [0.15, 0.2) is 24.3 Å². The van der Waals surface area contributed by atoms with Crippen LogP contribution in [-0.2, 0) is 4.79 Å². The van der Waals surface area contributed by atoms with Gasteiger partial charge in [0.2, 0.25) is 0 Å². The number of carbonyl (C=O) groups is 2. The topological polar surface area (TPSA) is 78.9 Å². The van der Waals surface area contributed by atoms with E-state index in [0.717, 1.165) is 0 Å². The first-order chi connectivity index (χ1) is 8.09. The lowest BCUT2D eigenvalue weighted by Crippen LogP contribution is -2.48. The molecule has 1 unspecified atom stereocenters. The fourth-order valence-corrected chi connectivity index (χ4v) is 1.71. The first-order valence-electron chi connectivity index (χ1n) is 5.08. The molecule has 0 aromatic heterocycles. The summed E-state index contributed by atoms with van der Waals surface area (Å²) in [5.74, 6) is 0.232. The molecule has 1 aromatic rings. The number of fused-ring (bicyclic) bond motifs is 1. The van der Waals surface area contributed by atoms with E-state index in [0.29, 0.717) is 11.4 Å². The van der Waals surface area contributed by atoms with Crippen LogP contribution in [0.4, 0.5) is 10.5 Å². The molecule has 2 N–H and O–H groups in total. The van der Waals surface area contributed by atoms with Crippen molar-refractivity contribution in [3.8, 4) is 5.75 Å². The van der Waals surface area contributed by atoms with Crippen LogP contribution in [0.2, 0.25) is 0 Å². The molecule has 0 aliphatic carbocycles. The summed E-state index contributed by atoms with van der Waals surface area (Å²) >= 11 is 0. The molecular weight excluding hydrogens is 224 g/mol. The number of carboxylic acid groups (broad SMARTS) is 1. The molecule has 1 heterocycles. The second-order valence-corrected chi connectivity index (χ2v) is 3.68. The lowest BCUT2D eigenvalue weighted by atomic mass is 10.2. The summed E-state index contributed by atoms with van der Waals surface area (Å²) in [7, 11) is 1.59. The van der Waals surface area contributed by atoms with Gasteiger partial charge >= 0.3 is 6.09 Å². The van der Waals surface area contributed by atoms with Crippen LogP contribution < -0.4 is 15.0 Å². The molecule has 0 fully saturated rings. The van der Waals surface area contributed by atoms with E-state index in [1.165, 1.54) is 4.90 Å². The summed E-state index contributed by atoms with van der Waals surface area (Å²) in [6.45, 7) is -0.00745. The van der Waals surface area contributed by atoms with E-state index in [4.69, 9.17) is 9.84 Å². The number of hydrogen-bond acceptors (Lipinski definition) is 3. The minimum absolute atomic E-state index is 0.00745. The van der Waals surface area contributed by atoms with Crippen molar-refractivity contribution in [2.75, 3.05) is 18.6 Å². The highest BCUT2D eigenvalue weighted by Gasteiger charge is 2.30. The number of nitrogens with one attached hydrogen (secondary N) is 1. The number of nitrogens with zero attached hydrogens (tertiary/aromatic N) is 1. The smallest absolute Gasteiger partial charge is 0.405 e. The van der Waals surface area contributed by atoms with Crippen LogP contribution >= 0.6 is 0 Å². The zero-order chi connectivity index (χ0) is 12.4. The highest BCUT2D eigenvalue weighted by molar-refractivity contribution is 6.00. The first-order valence-corrected chi connectivity index (χ1v) is 5.08. The summed E-state index contributed by atoms with van der Waals surface area (Å²) in [6, 6.07) is 6.18. The normalized spacial score (nSPS) is 19.0. The van der Waals surface area contributed by atoms with Crippen LogP contribution in [0, 0.1) is 0 Å². The lowest BCUT2D eigenvalue weighted by molar-refractivity contribution is -0.120. The van der Waals surface area contributed by atoms with Crippen molar-refractivity contribution < 1.29 is 19.4 Å². The standard InChI is InChI=1S/C11H12N2O4/c1-13-8-4-2-3-5-9(8)17-6-7(10(13)14)12-11(15)16/h2-5,7,12H,6H2,1H3,(H,15,16). The molecule has 6 nitrogen and oxygen atoms in total.